The molecular formula is C22H16FNOS. The van der Waals surface area contributed by atoms with Gasteiger partial charge in [0.2, 0.25) is 5.06 Å². The fourth-order valence-electron chi connectivity index (χ4n) is 2.62. The predicted molar refractivity (Wildman–Crippen MR) is 104 cm³/mol. The third kappa shape index (κ3) is 3.65. The third-order valence-corrected chi connectivity index (χ3v) is 4.96. The van der Waals surface area contributed by atoms with E-state index in [1.165, 1.54) is 23.5 Å². The Labute approximate surface area is 155 Å². The topological polar surface area (TPSA) is 22.1 Å². The molecule has 4 aromatic rings. The van der Waals surface area contributed by atoms with Gasteiger partial charge in [-0.05, 0) is 29.8 Å². The van der Waals surface area contributed by atoms with Crippen LogP contribution in [0.3, 0.4) is 0 Å². The van der Waals surface area contributed by atoms with E-state index in [-0.39, 0.29) is 5.82 Å². The summed E-state index contributed by atoms with van der Waals surface area (Å²) >= 11 is 1.48. The molecule has 0 aliphatic carbocycles. The molecule has 26 heavy (non-hydrogen) atoms. The summed E-state index contributed by atoms with van der Waals surface area (Å²) in [4.78, 5) is 4.76. The highest BCUT2D eigenvalue weighted by atomic mass is 32.1. The highest BCUT2D eigenvalue weighted by Crippen LogP contribution is 2.40. The lowest BCUT2D eigenvalue weighted by Crippen LogP contribution is -1.94. The predicted octanol–water partition coefficient (Wildman–Crippen LogP) is 6.20. The number of aromatic nitrogens is 1. The fourth-order valence-corrected chi connectivity index (χ4v) is 3.57. The minimum absolute atomic E-state index is 0.255. The zero-order chi connectivity index (χ0) is 17.8. The second-order valence-corrected chi connectivity index (χ2v) is 6.76. The first-order valence-electron chi connectivity index (χ1n) is 8.28. The lowest BCUT2D eigenvalue weighted by Gasteiger charge is -2.06. The Hall–Kier alpha value is -2.98. The average Bonchev–Trinajstić information content (AvgIpc) is 3.13. The summed E-state index contributed by atoms with van der Waals surface area (Å²) in [7, 11) is 0. The maximum atomic E-state index is 13.2. The molecule has 0 N–H and O–H groups in total. The summed E-state index contributed by atoms with van der Waals surface area (Å²) in [6.07, 6.45) is 0. The van der Waals surface area contributed by atoms with Gasteiger partial charge < -0.3 is 4.74 Å². The molecule has 4 heteroatoms. The van der Waals surface area contributed by atoms with Gasteiger partial charge in [-0.15, -0.1) is 0 Å². The van der Waals surface area contributed by atoms with E-state index >= 15 is 0 Å². The maximum absolute atomic E-state index is 13.2. The second kappa shape index (κ2) is 7.50. The van der Waals surface area contributed by atoms with Crippen LogP contribution in [0.4, 0.5) is 4.39 Å². The van der Waals surface area contributed by atoms with E-state index in [0.717, 1.165) is 32.5 Å². The van der Waals surface area contributed by atoms with E-state index in [2.05, 4.69) is 0 Å². The SMILES string of the molecule is Fc1ccc(-c2nc(-c3ccccc3)c(OCc3ccccc3)s2)cc1. The monoisotopic (exact) mass is 361 g/mol. The van der Waals surface area contributed by atoms with Crippen molar-refractivity contribution in [2.75, 3.05) is 0 Å². The van der Waals surface area contributed by atoms with E-state index in [9.17, 15) is 4.39 Å². The standard InChI is InChI=1S/C22H16FNOS/c23-19-13-11-18(12-14-19)21-24-20(17-9-5-2-6-10-17)22(26-21)25-15-16-7-3-1-4-8-16/h1-14H,15H2. The van der Waals surface area contributed by atoms with Crippen molar-refractivity contribution >= 4 is 11.3 Å². The summed E-state index contributed by atoms with van der Waals surface area (Å²) in [5.74, 6) is -0.255. The fraction of sp³-hybridized carbons (Fsp3) is 0.0455. The number of nitrogens with zero attached hydrogens (tertiary/aromatic N) is 1. The van der Waals surface area contributed by atoms with Gasteiger partial charge >= 0.3 is 0 Å². The number of ether oxygens (including phenoxy) is 1. The van der Waals surface area contributed by atoms with Gasteiger partial charge in [-0.25, -0.2) is 9.37 Å². The Kier molecular flexibility index (Phi) is 4.75. The Morgan fingerprint density at radius 3 is 2.12 bits per heavy atom. The molecule has 0 aliphatic rings. The molecule has 0 amide bonds. The zero-order valence-corrected chi connectivity index (χ0v) is 14.7. The molecule has 0 bridgehead atoms. The first kappa shape index (κ1) is 16.5. The van der Waals surface area contributed by atoms with E-state index in [1.807, 2.05) is 60.7 Å². The van der Waals surface area contributed by atoms with E-state index in [0.29, 0.717) is 6.61 Å². The lowest BCUT2D eigenvalue weighted by atomic mass is 10.1. The average molecular weight is 361 g/mol. The highest BCUT2D eigenvalue weighted by Gasteiger charge is 2.16. The quantitative estimate of drug-likeness (QED) is 0.422. The molecule has 0 unspecified atom stereocenters. The first-order valence-corrected chi connectivity index (χ1v) is 9.10. The number of rotatable bonds is 5. The summed E-state index contributed by atoms with van der Waals surface area (Å²) in [5.41, 5.74) is 3.79. The highest BCUT2D eigenvalue weighted by molar-refractivity contribution is 7.17. The Balaban J connectivity index is 1.69. The largest absolute Gasteiger partial charge is 0.477 e. The van der Waals surface area contributed by atoms with E-state index < -0.39 is 0 Å². The lowest BCUT2D eigenvalue weighted by molar-refractivity contribution is 0.316. The minimum Gasteiger partial charge on any atom is -0.477 e. The van der Waals surface area contributed by atoms with Crippen molar-refractivity contribution in [3.63, 3.8) is 0 Å². The van der Waals surface area contributed by atoms with Crippen LogP contribution in [0, 0.1) is 5.82 Å². The van der Waals surface area contributed by atoms with Crippen molar-refractivity contribution in [1.29, 1.82) is 0 Å². The van der Waals surface area contributed by atoms with Crippen molar-refractivity contribution < 1.29 is 9.13 Å². The molecule has 2 nitrogen and oxygen atoms in total. The number of thiazole rings is 1. The van der Waals surface area contributed by atoms with Crippen LogP contribution in [0.25, 0.3) is 21.8 Å². The molecular weight excluding hydrogens is 345 g/mol. The first-order chi connectivity index (χ1) is 12.8. The van der Waals surface area contributed by atoms with Crippen molar-refractivity contribution in [2.24, 2.45) is 0 Å². The van der Waals surface area contributed by atoms with Gasteiger partial charge in [-0.1, -0.05) is 72.0 Å². The van der Waals surface area contributed by atoms with E-state index in [1.54, 1.807) is 12.1 Å². The summed E-state index contributed by atoms with van der Waals surface area (Å²) in [6.45, 7) is 0.478. The molecule has 0 aliphatic heterocycles. The van der Waals surface area contributed by atoms with Gasteiger partial charge in [0.1, 0.15) is 23.1 Å². The van der Waals surface area contributed by atoms with Crippen LogP contribution in [-0.2, 0) is 6.61 Å². The maximum Gasteiger partial charge on any atom is 0.203 e. The molecule has 0 atom stereocenters. The van der Waals surface area contributed by atoms with Crippen LogP contribution in [-0.4, -0.2) is 4.98 Å². The molecule has 1 heterocycles. The molecule has 0 saturated carbocycles. The summed E-state index contributed by atoms with van der Waals surface area (Å²) in [5, 5.41) is 1.58. The molecule has 0 radical (unpaired) electrons. The minimum atomic E-state index is -0.255. The second-order valence-electron chi connectivity index (χ2n) is 5.80. The molecule has 128 valence electrons. The number of hydrogen-bond acceptors (Lipinski definition) is 3. The van der Waals surface area contributed by atoms with Crippen LogP contribution in [0.1, 0.15) is 5.56 Å². The van der Waals surface area contributed by atoms with Crippen LogP contribution in [0.2, 0.25) is 0 Å². The molecule has 0 fully saturated rings. The van der Waals surface area contributed by atoms with Crippen molar-refractivity contribution in [1.82, 2.24) is 4.98 Å². The van der Waals surface area contributed by atoms with E-state index in [4.69, 9.17) is 9.72 Å². The van der Waals surface area contributed by atoms with Gasteiger partial charge in [-0.2, -0.15) is 0 Å². The third-order valence-electron chi connectivity index (χ3n) is 3.95. The Bertz CT molecular complexity index is 982. The zero-order valence-electron chi connectivity index (χ0n) is 13.9. The van der Waals surface area contributed by atoms with Crippen LogP contribution >= 0.6 is 11.3 Å². The van der Waals surface area contributed by atoms with Crippen molar-refractivity contribution in [3.05, 3.63) is 96.3 Å². The normalized spacial score (nSPS) is 10.7. The summed E-state index contributed by atoms with van der Waals surface area (Å²) in [6, 6.07) is 26.4. The van der Waals surface area contributed by atoms with Crippen molar-refractivity contribution in [2.45, 2.75) is 6.61 Å². The van der Waals surface area contributed by atoms with Gasteiger partial charge in [0.05, 0.1) is 0 Å². The molecule has 0 saturated heterocycles. The number of hydrogen-bond donors (Lipinski definition) is 0. The molecule has 1 aromatic heterocycles. The van der Waals surface area contributed by atoms with Crippen LogP contribution < -0.4 is 4.74 Å². The van der Waals surface area contributed by atoms with Gasteiger partial charge in [0.25, 0.3) is 0 Å². The van der Waals surface area contributed by atoms with Crippen LogP contribution in [0.5, 0.6) is 5.06 Å². The van der Waals surface area contributed by atoms with Gasteiger partial charge in [0.15, 0.2) is 0 Å². The summed E-state index contributed by atoms with van der Waals surface area (Å²) < 4.78 is 19.3. The number of halogens is 1. The van der Waals surface area contributed by atoms with Crippen LogP contribution in [0.15, 0.2) is 84.9 Å². The van der Waals surface area contributed by atoms with Crippen molar-refractivity contribution in [3.8, 4) is 26.9 Å². The molecule has 0 spiro atoms. The smallest absolute Gasteiger partial charge is 0.203 e. The Morgan fingerprint density at radius 1 is 0.769 bits per heavy atom. The van der Waals surface area contributed by atoms with Gasteiger partial charge in [0, 0.05) is 11.1 Å². The Morgan fingerprint density at radius 2 is 1.42 bits per heavy atom. The molecule has 3 aromatic carbocycles. The van der Waals surface area contributed by atoms with Gasteiger partial charge in [-0.3, -0.25) is 0 Å². The number of benzene rings is 3. The molecule has 4 rings (SSSR count).